The standard InChI is InChI=1S/C11H14FIN2O/c1-7-2-8(16)6-15(5-7)11-3-10(13)9(12)4-14-11/h3-4,7-8,16H,2,5-6H2,1H3/t7-,8+/m0/s1. The molecule has 3 nitrogen and oxygen atoms in total. The molecule has 88 valence electrons. The van der Waals surface area contributed by atoms with Crippen molar-refractivity contribution >= 4 is 28.4 Å². The third kappa shape index (κ3) is 2.63. The van der Waals surface area contributed by atoms with E-state index in [0.29, 0.717) is 16.0 Å². The van der Waals surface area contributed by atoms with E-state index in [9.17, 15) is 9.50 Å². The van der Waals surface area contributed by atoms with Crippen molar-refractivity contribution in [1.29, 1.82) is 0 Å². The fourth-order valence-corrected chi connectivity index (χ4v) is 2.50. The van der Waals surface area contributed by atoms with Crippen molar-refractivity contribution in [2.45, 2.75) is 19.4 Å². The maximum atomic E-state index is 13.1. The Labute approximate surface area is 108 Å². The fraction of sp³-hybridized carbons (Fsp3) is 0.545. The molecule has 1 N–H and O–H groups in total. The summed E-state index contributed by atoms with van der Waals surface area (Å²) in [5, 5.41) is 9.69. The monoisotopic (exact) mass is 336 g/mol. The highest BCUT2D eigenvalue weighted by Crippen LogP contribution is 2.23. The van der Waals surface area contributed by atoms with Crippen LogP contribution in [0.25, 0.3) is 0 Å². The Bertz CT molecular complexity index is 378. The van der Waals surface area contributed by atoms with Gasteiger partial charge in [0.25, 0.3) is 0 Å². The minimum absolute atomic E-state index is 0.296. The summed E-state index contributed by atoms with van der Waals surface area (Å²) in [7, 11) is 0. The zero-order valence-electron chi connectivity index (χ0n) is 9.03. The van der Waals surface area contributed by atoms with Crippen LogP contribution in [0.3, 0.4) is 0 Å². The van der Waals surface area contributed by atoms with Gasteiger partial charge in [-0.05, 0) is 41.0 Å². The number of aromatic nitrogens is 1. The van der Waals surface area contributed by atoms with Gasteiger partial charge in [0, 0.05) is 13.1 Å². The predicted octanol–water partition coefficient (Wildman–Crippen LogP) is 2.03. The Kier molecular flexibility index (Phi) is 3.63. The van der Waals surface area contributed by atoms with Crippen molar-refractivity contribution in [3.8, 4) is 0 Å². The van der Waals surface area contributed by atoms with Gasteiger partial charge in [-0.25, -0.2) is 9.37 Å². The lowest BCUT2D eigenvalue weighted by atomic mass is 9.98. The molecule has 2 atom stereocenters. The minimum Gasteiger partial charge on any atom is -0.391 e. The van der Waals surface area contributed by atoms with Crippen molar-refractivity contribution in [3.05, 3.63) is 21.7 Å². The van der Waals surface area contributed by atoms with Crippen molar-refractivity contribution in [3.63, 3.8) is 0 Å². The number of hydrogen-bond donors (Lipinski definition) is 1. The zero-order chi connectivity index (χ0) is 11.7. The molecule has 0 amide bonds. The molecule has 1 saturated heterocycles. The largest absolute Gasteiger partial charge is 0.391 e. The van der Waals surface area contributed by atoms with Gasteiger partial charge < -0.3 is 10.0 Å². The lowest BCUT2D eigenvalue weighted by Gasteiger charge is -2.35. The number of aliphatic hydroxyl groups excluding tert-OH is 1. The first-order chi connectivity index (χ1) is 7.56. The molecule has 1 aliphatic heterocycles. The molecule has 0 radical (unpaired) electrons. The second-order valence-electron chi connectivity index (χ2n) is 4.36. The van der Waals surface area contributed by atoms with Crippen LogP contribution in [0.5, 0.6) is 0 Å². The summed E-state index contributed by atoms with van der Waals surface area (Å²) in [6, 6.07) is 1.72. The smallest absolute Gasteiger partial charge is 0.154 e. The normalized spacial score (nSPS) is 25.9. The molecule has 1 aliphatic rings. The van der Waals surface area contributed by atoms with Gasteiger partial charge in [0.15, 0.2) is 5.82 Å². The molecule has 5 heteroatoms. The van der Waals surface area contributed by atoms with Crippen molar-refractivity contribution in [2.24, 2.45) is 5.92 Å². The van der Waals surface area contributed by atoms with Crippen molar-refractivity contribution in [1.82, 2.24) is 4.98 Å². The van der Waals surface area contributed by atoms with Crippen LogP contribution in [0.1, 0.15) is 13.3 Å². The van der Waals surface area contributed by atoms with Crippen molar-refractivity contribution in [2.75, 3.05) is 18.0 Å². The van der Waals surface area contributed by atoms with E-state index >= 15 is 0 Å². The van der Waals surface area contributed by atoms with E-state index in [1.165, 1.54) is 6.20 Å². The van der Waals surface area contributed by atoms with Crippen LogP contribution in [-0.4, -0.2) is 29.3 Å². The SMILES string of the molecule is C[C@H]1C[C@@H](O)CN(c2cc(I)c(F)cn2)C1. The Morgan fingerprint density at radius 2 is 2.31 bits per heavy atom. The Morgan fingerprint density at radius 1 is 1.56 bits per heavy atom. The number of rotatable bonds is 1. The molecular formula is C11H14FIN2O. The second kappa shape index (κ2) is 4.83. The number of piperidine rings is 1. The summed E-state index contributed by atoms with van der Waals surface area (Å²) in [6.45, 7) is 3.55. The van der Waals surface area contributed by atoms with Gasteiger partial charge in [-0.15, -0.1) is 0 Å². The van der Waals surface area contributed by atoms with Crippen LogP contribution in [0, 0.1) is 15.3 Å². The van der Waals surface area contributed by atoms with E-state index < -0.39 is 0 Å². The topological polar surface area (TPSA) is 36.4 Å². The van der Waals surface area contributed by atoms with E-state index in [1.54, 1.807) is 6.07 Å². The number of anilines is 1. The summed E-state index contributed by atoms with van der Waals surface area (Å²) in [4.78, 5) is 6.08. The Balaban J connectivity index is 2.19. The summed E-state index contributed by atoms with van der Waals surface area (Å²) in [6.07, 6.45) is 1.76. The van der Waals surface area contributed by atoms with Crippen LogP contribution in [-0.2, 0) is 0 Å². The molecular weight excluding hydrogens is 322 g/mol. The van der Waals surface area contributed by atoms with Crippen LogP contribution in [0.2, 0.25) is 0 Å². The molecule has 2 heterocycles. The van der Waals surface area contributed by atoms with Crippen LogP contribution < -0.4 is 4.90 Å². The predicted molar refractivity (Wildman–Crippen MR) is 68.9 cm³/mol. The molecule has 0 bridgehead atoms. The lowest BCUT2D eigenvalue weighted by molar-refractivity contribution is 0.132. The molecule has 0 spiro atoms. The van der Waals surface area contributed by atoms with E-state index in [2.05, 4.69) is 11.9 Å². The fourth-order valence-electron chi connectivity index (χ4n) is 2.08. The third-order valence-electron chi connectivity index (χ3n) is 2.76. The van der Waals surface area contributed by atoms with Gasteiger partial charge in [-0.2, -0.15) is 0 Å². The molecule has 2 rings (SSSR count). The quantitative estimate of drug-likeness (QED) is 0.798. The van der Waals surface area contributed by atoms with Gasteiger partial charge in [-0.1, -0.05) is 6.92 Å². The summed E-state index contributed by atoms with van der Waals surface area (Å²) in [5.41, 5.74) is 0. The average molecular weight is 336 g/mol. The number of nitrogens with zero attached hydrogens (tertiary/aromatic N) is 2. The average Bonchev–Trinajstić information content (AvgIpc) is 2.20. The van der Waals surface area contributed by atoms with Gasteiger partial charge in [-0.3, -0.25) is 0 Å². The summed E-state index contributed by atoms with van der Waals surface area (Å²) in [5.74, 6) is 0.889. The van der Waals surface area contributed by atoms with Crippen LogP contribution in [0.15, 0.2) is 12.3 Å². The molecule has 1 fully saturated rings. The number of hydrogen-bond acceptors (Lipinski definition) is 3. The molecule has 0 saturated carbocycles. The number of pyridine rings is 1. The first-order valence-electron chi connectivity index (χ1n) is 5.30. The highest BCUT2D eigenvalue weighted by atomic mass is 127. The van der Waals surface area contributed by atoms with Crippen LogP contribution >= 0.6 is 22.6 Å². The van der Waals surface area contributed by atoms with Gasteiger partial charge in [0.2, 0.25) is 0 Å². The molecule has 0 aliphatic carbocycles. The van der Waals surface area contributed by atoms with Gasteiger partial charge in [0.1, 0.15) is 5.82 Å². The Hall–Kier alpha value is -0.430. The first-order valence-corrected chi connectivity index (χ1v) is 6.38. The highest BCUT2D eigenvalue weighted by Gasteiger charge is 2.24. The van der Waals surface area contributed by atoms with Crippen molar-refractivity contribution < 1.29 is 9.50 Å². The van der Waals surface area contributed by atoms with E-state index in [4.69, 9.17) is 0 Å². The maximum absolute atomic E-state index is 13.1. The highest BCUT2D eigenvalue weighted by molar-refractivity contribution is 14.1. The summed E-state index contributed by atoms with van der Waals surface area (Å²) < 4.78 is 13.6. The zero-order valence-corrected chi connectivity index (χ0v) is 11.2. The molecule has 0 unspecified atom stereocenters. The Morgan fingerprint density at radius 3 is 2.94 bits per heavy atom. The maximum Gasteiger partial charge on any atom is 0.154 e. The van der Waals surface area contributed by atoms with E-state index in [-0.39, 0.29) is 11.9 Å². The molecule has 0 aromatic carbocycles. The van der Waals surface area contributed by atoms with Gasteiger partial charge in [0.05, 0.1) is 15.9 Å². The minimum atomic E-state index is -0.312. The van der Waals surface area contributed by atoms with Gasteiger partial charge >= 0.3 is 0 Å². The molecule has 1 aromatic heterocycles. The number of halogens is 2. The first kappa shape index (κ1) is 12.0. The number of β-amino-alcohol motifs (C(OH)–C–C–N with tert-alkyl or cyclic N) is 1. The van der Waals surface area contributed by atoms with Crippen LogP contribution in [0.4, 0.5) is 10.2 Å². The number of aliphatic hydroxyl groups is 1. The molecule has 1 aromatic rings. The van der Waals surface area contributed by atoms with E-state index in [0.717, 1.165) is 18.8 Å². The summed E-state index contributed by atoms with van der Waals surface area (Å²) >= 11 is 1.95. The lowest BCUT2D eigenvalue weighted by Crippen LogP contribution is -2.42. The second-order valence-corrected chi connectivity index (χ2v) is 5.52. The third-order valence-corrected chi connectivity index (χ3v) is 3.58. The molecule has 16 heavy (non-hydrogen) atoms. The van der Waals surface area contributed by atoms with E-state index in [1.807, 2.05) is 27.5 Å².